The Morgan fingerprint density at radius 1 is 0.738 bits per heavy atom. The summed E-state index contributed by atoms with van der Waals surface area (Å²) in [5.74, 6) is -4.57. The van der Waals surface area contributed by atoms with Gasteiger partial charge in [-0.25, -0.2) is 4.79 Å². The van der Waals surface area contributed by atoms with Crippen molar-refractivity contribution in [1.29, 1.82) is 0 Å². The lowest BCUT2D eigenvalue weighted by Gasteiger charge is -2.27. The highest BCUT2D eigenvalue weighted by Crippen LogP contribution is 2.09. The Kier molecular flexibility index (Phi) is 18.7. The fourth-order valence-electron chi connectivity index (χ4n) is 3.81. The SMILES string of the molecule is CC(C)C[C@H](NC(=O)[C@H](CO)NC(=O)[C@@H](N)C(C)C)C(=O)N[C@@H](CCCN=C(N)N)C(=O)N[C@@H](CCCCN)C(=O)O. The van der Waals surface area contributed by atoms with Gasteiger partial charge in [-0.1, -0.05) is 27.7 Å². The first-order valence-electron chi connectivity index (χ1n) is 14.2. The van der Waals surface area contributed by atoms with Gasteiger partial charge in [-0.3, -0.25) is 24.2 Å². The van der Waals surface area contributed by atoms with E-state index in [1.807, 2.05) is 13.8 Å². The maximum Gasteiger partial charge on any atom is 0.326 e. The molecule has 14 N–H and O–H groups in total. The summed E-state index contributed by atoms with van der Waals surface area (Å²) in [6.45, 7) is 6.87. The Bertz CT molecular complexity index is 911. The van der Waals surface area contributed by atoms with Gasteiger partial charge < -0.3 is 54.4 Å². The van der Waals surface area contributed by atoms with Gasteiger partial charge >= 0.3 is 5.97 Å². The molecular weight excluding hydrogens is 550 g/mol. The van der Waals surface area contributed by atoms with Crippen molar-refractivity contribution in [1.82, 2.24) is 21.3 Å². The Morgan fingerprint density at radius 2 is 1.24 bits per heavy atom. The monoisotopic (exact) mass is 601 g/mol. The normalized spacial score (nSPS) is 14.7. The fourth-order valence-corrected chi connectivity index (χ4v) is 3.81. The number of hydrogen-bond acceptors (Lipinski definition) is 9. The second-order valence-corrected chi connectivity index (χ2v) is 10.9. The number of amides is 4. The van der Waals surface area contributed by atoms with Gasteiger partial charge in [0.25, 0.3) is 0 Å². The number of unbranched alkanes of at least 4 members (excludes halogenated alkanes) is 1. The van der Waals surface area contributed by atoms with E-state index in [0.29, 0.717) is 19.4 Å². The number of rotatable bonds is 21. The molecule has 0 saturated carbocycles. The van der Waals surface area contributed by atoms with Gasteiger partial charge in [0, 0.05) is 6.54 Å². The third-order valence-electron chi connectivity index (χ3n) is 6.32. The summed E-state index contributed by atoms with van der Waals surface area (Å²) in [5, 5.41) is 29.3. The van der Waals surface area contributed by atoms with E-state index < -0.39 is 66.4 Å². The van der Waals surface area contributed by atoms with Crippen molar-refractivity contribution in [3.05, 3.63) is 0 Å². The lowest BCUT2D eigenvalue weighted by molar-refractivity contribution is -0.142. The number of aliphatic carboxylic acids is 1. The van der Waals surface area contributed by atoms with Gasteiger partial charge in [0.2, 0.25) is 23.6 Å². The minimum absolute atomic E-state index is 0.0637. The maximum absolute atomic E-state index is 13.4. The van der Waals surface area contributed by atoms with Crippen LogP contribution in [0.4, 0.5) is 0 Å². The number of carbonyl (C=O) groups excluding carboxylic acids is 4. The number of carboxylic acids is 1. The van der Waals surface area contributed by atoms with Crippen LogP contribution in [-0.2, 0) is 24.0 Å². The molecule has 0 bridgehead atoms. The van der Waals surface area contributed by atoms with E-state index in [1.165, 1.54) is 0 Å². The minimum atomic E-state index is -1.37. The number of nitrogens with one attached hydrogen (secondary N) is 4. The van der Waals surface area contributed by atoms with Crippen molar-refractivity contribution in [3.8, 4) is 0 Å². The lowest BCUT2D eigenvalue weighted by Crippen LogP contribution is -2.59. The van der Waals surface area contributed by atoms with E-state index in [1.54, 1.807) is 13.8 Å². The van der Waals surface area contributed by atoms with Crippen LogP contribution in [0.1, 0.15) is 66.2 Å². The molecule has 16 heteroatoms. The third-order valence-corrected chi connectivity index (χ3v) is 6.32. The van der Waals surface area contributed by atoms with Gasteiger partial charge in [0.15, 0.2) is 5.96 Å². The van der Waals surface area contributed by atoms with Crippen molar-refractivity contribution >= 4 is 35.6 Å². The molecule has 0 fully saturated rings. The van der Waals surface area contributed by atoms with Gasteiger partial charge in [0.05, 0.1) is 12.6 Å². The molecule has 0 saturated heterocycles. The van der Waals surface area contributed by atoms with E-state index >= 15 is 0 Å². The fraction of sp³-hybridized carbons (Fsp3) is 0.769. The molecule has 0 spiro atoms. The average Bonchev–Trinajstić information content (AvgIpc) is 2.90. The van der Waals surface area contributed by atoms with Crippen molar-refractivity contribution in [3.63, 3.8) is 0 Å². The standard InChI is InChI=1S/C26H51N9O7/c1-14(2)12-18(34-23(39)19(13-36)35-24(40)20(28)15(3)4)22(38)32-16(9-7-11-31-26(29)30)21(37)33-17(25(41)42)8-5-6-10-27/h14-20,36H,5-13,27-28H2,1-4H3,(H,32,38)(H,33,37)(H,34,39)(H,35,40)(H,41,42)(H4,29,30,31)/t16-,17-,18-,19-,20-/m0/s1. The molecule has 0 rings (SSSR count). The van der Waals surface area contributed by atoms with Crippen LogP contribution in [0.3, 0.4) is 0 Å². The van der Waals surface area contributed by atoms with Crippen molar-refractivity contribution < 1.29 is 34.2 Å². The summed E-state index contributed by atoms with van der Waals surface area (Å²) in [4.78, 5) is 67.4. The summed E-state index contributed by atoms with van der Waals surface area (Å²) in [5.41, 5.74) is 22.0. The molecule has 0 aromatic heterocycles. The van der Waals surface area contributed by atoms with Crippen LogP contribution in [0.25, 0.3) is 0 Å². The average molecular weight is 602 g/mol. The molecule has 0 aliphatic rings. The first-order valence-corrected chi connectivity index (χ1v) is 14.2. The summed E-state index contributed by atoms with van der Waals surface area (Å²) < 4.78 is 0. The highest BCUT2D eigenvalue weighted by atomic mass is 16.4. The van der Waals surface area contributed by atoms with Gasteiger partial charge in [-0.15, -0.1) is 0 Å². The molecular formula is C26H51N9O7. The van der Waals surface area contributed by atoms with Crippen LogP contribution in [0.5, 0.6) is 0 Å². The quantitative estimate of drug-likeness (QED) is 0.0364. The smallest absolute Gasteiger partial charge is 0.326 e. The van der Waals surface area contributed by atoms with Crippen LogP contribution in [0, 0.1) is 11.8 Å². The Labute approximate surface area is 247 Å². The first-order chi connectivity index (χ1) is 19.6. The molecule has 0 aliphatic heterocycles. The summed E-state index contributed by atoms with van der Waals surface area (Å²) in [6.07, 6.45) is 1.70. The summed E-state index contributed by atoms with van der Waals surface area (Å²) in [7, 11) is 0. The molecule has 0 aliphatic carbocycles. The van der Waals surface area contributed by atoms with E-state index in [4.69, 9.17) is 22.9 Å². The Hall–Kier alpha value is -3.50. The molecule has 42 heavy (non-hydrogen) atoms. The second-order valence-electron chi connectivity index (χ2n) is 10.9. The number of carboxylic acid groups (broad SMARTS) is 1. The Morgan fingerprint density at radius 3 is 1.74 bits per heavy atom. The number of carbonyl (C=O) groups is 5. The van der Waals surface area contributed by atoms with Crippen LogP contribution < -0.4 is 44.2 Å². The highest BCUT2D eigenvalue weighted by molar-refractivity contribution is 5.95. The van der Waals surface area contributed by atoms with Gasteiger partial charge in [0.1, 0.15) is 24.2 Å². The third kappa shape index (κ3) is 15.5. The van der Waals surface area contributed by atoms with Gasteiger partial charge in [-0.05, 0) is 56.9 Å². The molecule has 242 valence electrons. The first kappa shape index (κ1) is 38.5. The zero-order chi connectivity index (χ0) is 32.4. The molecule has 5 atom stereocenters. The maximum atomic E-state index is 13.4. The van der Waals surface area contributed by atoms with E-state index in [2.05, 4.69) is 26.3 Å². The minimum Gasteiger partial charge on any atom is -0.480 e. The zero-order valence-electron chi connectivity index (χ0n) is 25.1. The van der Waals surface area contributed by atoms with Crippen LogP contribution in [-0.4, -0.2) is 95.7 Å². The molecule has 0 aromatic rings. The molecule has 4 amide bonds. The summed E-state index contributed by atoms with van der Waals surface area (Å²) >= 11 is 0. The van der Waals surface area contributed by atoms with Crippen LogP contribution in [0.2, 0.25) is 0 Å². The van der Waals surface area contributed by atoms with E-state index in [-0.39, 0.29) is 50.0 Å². The van der Waals surface area contributed by atoms with Crippen molar-refractivity contribution in [2.45, 2.75) is 96.4 Å². The number of nitrogens with zero attached hydrogens (tertiary/aromatic N) is 1. The lowest BCUT2D eigenvalue weighted by atomic mass is 10.0. The summed E-state index contributed by atoms with van der Waals surface area (Å²) in [6, 6.07) is -5.79. The molecule has 0 radical (unpaired) electrons. The molecule has 0 heterocycles. The number of nitrogens with two attached hydrogens (primary N) is 4. The largest absolute Gasteiger partial charge is 0.480 e. The second kappa shape index (κ2) is 20.4. The van der Waals surface area contributed by atoms with Gasteiger partial charge in [-0.2, -0.15) is 0 Å². The predicted molar refractivity (Wildman–Crippen MR) is 158 cm³/mol. The van der Waals surface area contributed by atoms with Crippen molar-refractivity contribution in [2.75, 3.05) is 19.7 Å². The molecule has 0 aromatic carbocycles. The Balaban J connectivity index is 5.80. The number of aliphatic imine (C=N–C) groups is 1. The molecule has 16 nitrogen and oxygen atoms in total. The molecule has 0 unspecified atom stereocenters. The van der Waals surface area contributed by atoms with Crippen LogP contribution >= 0.6 is 0 Å². The number of hydrogen-bond donors (Lipinski definition) is 10. The topological polar surface area (TPSA) is 290 Å². The zero-order valence-corrected chi connectivity index (χ0v) is 25.1. The predicted octanol–water partition coefficient (Wildman–Crippen LogP) is -2.79. The number of guanidine groups is 1. The number of aliphatic hydroxyl groups excluding tert-OH is 1. The van der Waals surface area contributed by atoms with Crippen molar-refractivity contribution in [2.24, 2.45) is 39.8 Å². The van der Waals surface area contributed by atoms with Crippen LogP contribution in [0.15, 0.2) is 4.99 Å². The van der Waals surface area contributed by atoms with E-state index in [0.717, 1.165) is 0 Å². The highest BCUT2D eigenvalue weighted by Gasteiger charge is 2.32. The number of aliphatic hydroxyl groups is 1. The van der Waals surface area contributed by atoms with E-state index in [9.17, 15) is 34.2 Å².